The molecule has 3 heteroatoms. The molecule has 110 valence electrons. The maximum Gasteiger partial charge on any atom is 0.120 e. The lowest BCUT2D eigenvalue weighted by Crippen LogP contribution is -2.28. The fourth-order valence-corrected chi connectivity index (χ4v) is 2.47. The van der Waals surface area contributed by atoms with Gasteiger partial charge in [-0.3, -0.25) is 0 Å². The molecule has 0 saturated carbocycles. The van der Waals surface area contributed by atoms with E-state index >= 15 is 0 Å². The third-order valence-electron chi connectivity index (χ3n) is 3.69. The van der Waals surface area contributed by atoms with Crippen molar-refractivity contribution < 1.29 is 9.47 Å². The van der Waals surface area contributed by atoms with Gasteiger partial charge in [0.15, 0.2) is 0 Å². The van der Waals surface area contributed by atoms with Crippen molar-refractivity contribution in [2.75, 3.05) is 13.2 Å². The molecule has 1 fully saturated rings. The first kappa shape index (κ1) is 14.0. The predicted molar refractivity (Wildman–Crippen MR) is 83.7 cm³/mol. The van der Waals surface area contributed by atoms with Crippen LogP contribution in [0.25, 0.3) is 0 Å². The fourth-order valence-electron chi connectivity index (χ4n) is 2.47. The summed E-state index contributed by atoms with van der Waals surface area (Å²) >= 11 is 0. The summed E-state index contributed by atoms with van der Waals surface area (Å²) < 4.78 is 11.5. The van der Waals surface area contributed by atoms with Gasteiger partial charge in [-0.1, -0.05) is 30.3 Å². The summed E-state index contributed by atoms with van der Waals surface area (Å²) in [5, 5.41) is 3.43. The molecule has 1 heterocycles. The maximum absolute atomic E-state index is 5.79. The van der Waals surface area contributed by atoms with Crippen LogP contribution in [0.5, 0.6) is 11.5 Å². The van der Waals surface area contributed by atoms with E-state index in [0.717, 1.165) is 24.7 Å². The Kier molecular flexibility index (Phi) is 4.74. The highest BCUT2D eigenvalue weighted by atomic mass is 16.5. The van der Waals surface area contributed by atoms with Crippen LogP contribution in [0.3, 0.4) is 0 Å². The second kappa shape index (κ2) is 7.14. The van der Waals surface area contributed by atoms with Gasteiger partial charge in [-0.25, -0.2) is 0 Å². The van der Waals surface area contributed by atoms with Gasteiger partial charge >= 0.3 is 0 Å². The molecule has 0 spiro atoms. The molecule has 0 aliphatic carbocycles. The molecule has 0 unspecified atom stereocenters. The first-order valence-electron chi connectivity index (χ1n) is 7.53. The van der Waals surface area contributed by atoms with Crippen LogP contribution >= 0.6 is 0 Å². The van der Waals surface area contributed by atoms with Crippen molar-refractivity contribution in [1.82, 2.24) is 5.32 Å². The fraction of sp³-hybridized carbons (Fsp3) is 0.333. The largest absolute Gasteiger partial charge is 0.492 e. The van der Waals surface area contributed by atoms with Crippen molar-refractivity contribution in [2.24, 2.45) is 0 Å². The zero-order valence-electron chi connectivity index (χ0n) is 12.1. The average Bonchev–Trinajstić information content (AvgIpc) is 3.06. The summed E-state index contributed by atoms with van der Waals surface area (Å²) in [7, 11) is 0. The molecule has 21 heavy (non-hydrogen) atoms. The zero-order chi connectivity index (χ0) is 14.3. The van der Waals surface area contributed by atoms with Gasteiger partial charge in [-0.15, -0.1) is 0 Å². The molecule has 1 aliphatic rings. The Morgan fingerprint density at radius 1 is 0.905 bits per heavy atom. The van der Waals surface area contributed by atoms with Gasteiger partial charge in [0.1, 0.15) is 24.7 Å². The Hall–Kier alpha value is -2.00. The predicted octanol–water partition coefficient (Wildman–Crippen LogP) is 3.40. The van der Waals surface area contributed by atoms with Crippen molar-refractivity contribution in [3.8, 4) is 11.5 Å². The normalized spacial score (nSPS) is 17.6. The average molecular weight is 283 g/mol. The zero-order valence-corrected chi connectivity index (χ0v) is 12.1. The monoisotopic (exact) mass is 283 g/mol. The quantitative estimate of drug-likeness (QED) is 0.881. The molecule has 3 rings (SSSR count). The number of ether oxygens (including phenoxy) is 2. The third-order valence-corrected chi connectivity index (χ3v) is 3.69. The molecule has 1 atom stereocenters. The lowest BCUT2D eigenvalue weighted by atomic mass is 10.2. The van der Waals surface area contributed by atoms with Gasteiger partial charge in [-0.2, -0.15) is 0 Å². The Bertz CT molecular complexity index is 533. The van der Waals surface area contributed by atoms with E-state index in [2.05, 4.69) is 17.4 Å². The van der Waals surface area contributed by atoms with Crippen LogP contribution in [-0.4, -0.2) is 19.2 Å². The number of nitrogens with one attached hydrogen (secondary N) is 1. The van der Waals surface area contributed by atoms with Crippen LogP contribution < -0.4 is 14.8 Å². The van der Waals surface area contributed by atoms with E-state index in [0.29, 0.717) is 12.6 Å². The van der Waals surface area contributed by atoms with Crippen LogP contribution in [0, 0.1) is 0 Å². The van der Waals surface area contributed by atoms with Gasteiger partial charge in [0.25, 0.3) is 0 Å². The second-order valence-corrected chi connectivity index (χ2v) is 5.35. The van der Waals surface area contributed by atoms with E-state index in [1.165, 1.54) is 18.4 Å². The van der Waals surface area contributed by atoms with Crippen LogP contribution in [0.1, 0.15) is 18.4 Å². The minimum absolute atomic E-state index is 0.499. The van der Waals surface area contributed by atoms with E-state index in [9.17, 15) is 0 Å². The van der Waals surface area contributed by atoms with E-state index in [-0.39, 0.29) is 0 Å². The minimum atomic E-state index is 0.499. The number of rotatable bonds is 6. The standard InChI is InChI=1S/C18H21NO2/c1-2-5-15(6-3-1)13-20-17-8-10-18(11-9-17)21-14-16-7-4-12-19-16/h1-3,5-6,8-11,16,19H,4,7,12-14H2/t16-/m0/s1. The number of hydrogen-bond acceptors (Lipinski definition) is 3. The minimum Gasteiger partial charge on any atom is -0.492 e. The molecule has 2 aromatic carbocycles. The van der Waals surface area contributed by atoms with Crippen molar-refractivity contribution in [3.63, 3.8) is 0 Å². The molecular formula is C18H21NO2. The van der Waals surface area contributed by atoms with Gasteiger partial charge < -0.3 is 14.8 Å². The Labute approximate surface area is 125 Å². The van der Waals surface area contributed by atoms with Gasteiger partial charge in [0.2, 0.25) is 0 Å². The maximum atomic E-state index is 5.79. The number of benzene rings is 2. The molecule has 2 aromatic rings. The van der Waals surface area contributed by atoms with E-state index in [1.807, 2.05) is 42.5 Å². The molecular weight excluding hydrogens is 262 g/mol. The van der Waals surface area contributed by atoms with Crippen molar-refractivity contribution >= 4 is 0 Å². The van der Waals surface area contributed by atoms with Crippen LogP contribution in [-0.2, 0) is 6.61 Å². The van der Waals surface area contributed by atoms with Crippen LogP contribution in [0.15, 0.2) is 54.6 Å². The highest BCUT2D eigenvalue weighted by Gasteiger charge is 2.14. The molecule has 1 saturated heterocycles. The lowest BCUT2D eigenvalue weighted by molar-refractivity contribution is 0.275. The van der Waals surface area contributed by atoms with Crippen LogP contribution in [0.2, 0.25) is 0 Å². The van der Waals surface area contributed by atoms with Crippen molar-refractivity contribution in [1.29, 1.82) is 0 Å². The molecule has 0 bridgehead atoms. The SMILES string of the molecule is c1ccc(COc2ccc(OC[C@@H]3CCCN3)cc2)cc1. The van der Waals surface area contributed by atoms with Gasteiger partial charge in [0, 0.05) is 6.04 Å². The summed E-state index contributed by atoms with van der Waals surface area (Å²) in [4.78, 5) is 0. The summed E-state index contributed by atoms with van der Waals surface area (Å²) in [6.07, 6.45) is 2.46. The van der Waals surface area contributed by atoms with E-state index in [1.54, 1.807) is 0 Å². The highest BCUT2D eigenvalue weighted by molar-refractivity contribution is 5.31. The first-order valence-corrected chi connectivity index (χ1v) is 7.53. The molecule has 3 nitrogen and oxygen atoms in total. The van der Waals surface area contributed by atoms with E-state index in [4.69, 9.17) is 9.47 Å². The molecule has 0 amide bonds. The van der Waals surface area contributed by atoms with Gasteiger partial charge in [0.05, 0.1) is 0 Å². The Balaban J connectivity index is 1.47. The Morgan fingerprint density at radius 2 is 1.62 bits per heavy atom. The highest BCUT2D eigenvalue weighted by Crippen LogP contribution is 2.19. The second-order valence-electron chi connectivity index (χ2n) is 5.35. The van der Waals surface area contributed by atoms with Crippen LogP contribution in [0.4, 0.5) is 0 Å². The number of hydrogen-bond donors (Lipinski definition) is 1. The lowest BCUT2D eigenvalue weighted by Gasteiger charge is -2.12. The Morgan fingerprint density at radius 3 is 2.29 bits per heavy atom. The smallest absolute Gasteiger partial charge is 0.120 e. The van der Waals surface area contributed by atoms with Crippen molar-refractivity contribution in [2.45, 2.75) is 25.5 Å². The van der Waals surface area contributed by atoms with Gasteiger partial charge in [-0.05, 0) is 49.2 Å². The summed E-state index contributed by atoms with van der Waals surface area (Å²) in [5.74, 6) is 1.76. The van der Waals surface area contributed by atoms with Crippen molar-refractivity contribution in [3.05, 3.63) is 60.2 Å². The van der Waals surface area contributed by atoms with E-state index < -0.39 is 0 Å². The molecule has 0 radical (unpaired) electrons. The molecule has 1 aliphatic heterocycles. The summed E-state index contributed by atoms with van der Waals surface area (Å²) in [6, 6.07) is 18.5. The molecule has 0 aromatic heterocycles. The summed E-state index contributed by atoms with van der Waals surface area (Å²) in [5.41, 5.74) is 1.17. The first-order chi connectivity index (χ1) is 10.4. The summed E-state index contributed by atoms with van der Waals surface area (Å²) in [6.45, 7) is 2.44. The topological polar surface area (TPSA) is 30.5 Å². The third kappa shape index (κ3) is 4.23. The molecule has 1 N–H and O–H groups in total.